The summed E-state index contributed by atoms with van der Waals surface area (Å²) in [4.78, 5) is 0. The van der Waals surface area contributed by atoms with Gasteiger partial charge < -0.3 is 9.73 Å². The van der Waals surface area contributed by atoms with Crippen molar-refractivity contribution >= 4 is 16.0 Å². The molecule has 0 atom stereocenters. The molecule has 3 rings (SSSR count). The Morgan fingerprint density at radius 1 is 1.07 bits per heavy atom. The summed E-state index contributed by atoms with van der Waals surface area (Å²) < 4.78 is 32.0. The second kappa shape index (κ2) is 7.98. The number of hydrogen-bond acceptors (Lipinski definition) is 6. The van der Waals surface area contributed by atoms with Gasteiger partial charge in [-0.25, -0.2) is 13.1 Å². The predicted octanol–water partition coefficient (Wildman–Crippen LogP) is 3.43. The summed E-state index contributed by atoms with van der Waals surface area (Å²) in [5.74, 6) is 0.867. The van der Waals surface area contributed by atoms with E-state index in [0.717, 1.165) is 31.2 Å². The molecule has 2 aromatic rings. The third-order valence-corrected chi connectivity index (χ3v) is 7.15. The maximum absolute atomic E-state index is 12.2. The van der Waals surface area contributed by atoms with Gasteiger partial charge in [-0.1, -0.05) is 23.3 Å². The van der Waals surface area contributed by atoms with E-state index in [4.69, 9.17) is 4.42 Å². The van der Waals surface area contributed by atoms with Gasteiger partial charge in [0.2, 0.25) is 15.9 Å². The van der Waals surface area contributed by atoms with E-state index in [1.54, 1.807) is 20.8 Å². The molecule has 27 heavy (non-hydrogen) atoms. The fourth-order valence-electron chi connectivity index (χ4n) is 3.11. The van der Waals surface area contributed by atoms with Crippen LogP contribution in [0.2, 0.25) is 0 Å². The summed E-state index contributed by atoms with van der Waals surface area (Å²) in [6.07, 6.45) is 3.82. The predicted molar refractivity (Wildman–Crippen MR) is 106 cm³/mol. The first kappa shape index (κ1) is 19.8. The molecule has 7 nitrogen and oxygen atoms in total. The van der Waals surface area contributed by atoms with Gasteiger partial charge in [-0.2, -0.15) is 0 Å². The molecule has 8 heteroatoms. The summed E-state index contributed by atoms with van der Waals surface area (Å²) in [5, 5.41) is 11.5. The first-order valence-corrected chi connectivity index (χ1v) is 10.9. The molecule has 0 amide bonds. The fourth-order valence-corrected chi connectivity index (χ4v) is 4.00. The average Bonchev–Trinajstić information content (AvgIpc) is 3.09. The molecule has 2 N–H and O–H groups in total. The molecule has 0 spiro atoms. The fraction of sp³-hybridized carbons (Fsp3) is 0.579. The van der Waals surface area contributed by atoms with Crippen LogP contribution in [0.5, 0.6) is 0 Å². The highest BCUT2D eigenvalue weighted by atomic mass is 32.2. The lowest BCUT2D eigenvalue weighted by molar-refractivity contribution is 0.333. The summed E-state index contributed by atoms with van der Waals surface area (Å²) in [6, 6.07) is 10.4. The van der Waals surface area contributed by atoms with Gasteiger partial charge in [0.05, 0.1) is 4.75 Å². The van der Waals surface area contributed by atoms with E-state index >= 15 is 0 Å². The molecule has 0 radical (unpaired) electrons. The maximum Gasteiger partial charge on any atom is 0.315 e. The number of sulfonamides is 1. The highest BCUT2D eigenvalue weighted by Crippen LogP contribution is 2.27. The molecule has 148 valence electrons. The third-order valence-electron chi connectivity index (χ3n) is 4.99. The second-order valence-electron chi connectivity index (χ2n) is 8.10. The monoisotopic (exact) mass is 392 g/mol. The van der Waals surface area contributed by atoms with Crippen LogP contribution in [0.1, 0.15) is 46.5 Å². The molecule has 0 unspecified atom stereocenters. The Labute approximate surface area is 161 Å². The summed E-state index contributed by atoms with van der Waals surface area (Å²) in [7, 11) is -3.28. The minimum atomic E-state index is -3.28. The molecule has 0 saturated heterocycles. The number of nitrogens with zero attached hydrogens (tertiary/aromatic N) is 2. The lowest BCUT2D eigenvalue weighted by Crippen LogP contribution is -2.42. The highest BCUT2D eigenvalue weighted by Gasteiger charge is 2.30. The van der Waals surface area contributed by atoms with Crippen molar-refractivity contribution in [3.05, 3.63) is 30.3 Å². The van der Waals surface area contributed by atoms with Crippen molar-refractivity contribution in [3.63, 3.8) is 0 Å². The van der Waals surface area contributed by atoms with E-state index in [1.807, 2.05) is 30.3 Å². The van der Waals surface area contributed by atoms with Crippen molar-refractivity contribution in [3.8, 4) is 11.5 Å². The van der Waals surface area contributed by atoms with Crippen LogP contribution in [-0.4, -0.2) is 35.9 Å². The molecule has 0 aliphatic heterocycles. The van der Waals surface area contributed by atoms with Crippen LogP contribution >= 0.6 is 0 Å². The molecule has 1 aliphatic carbocycles. The minimum absolute atomic E-state index is 0.268. The van der Waals surface area contributed by atoms with E-state index in [2.05, 4.69) is 20.2 Å². The van der Waals surface area contributed by atoms with Crippen LogP contribution in [0.25, 0.3) is 11.5 Å². The van der Waals surface area contributed by atoms with Crippen LogP contribution in [0.3, 0.4) is 0 Å². The van der Waals surface area contributed by atoms with Crippen LogP contribution < -0.4 is 10.0 Å². The quantitative estimate of drug-likeness (QED) is 0.782. The molecule has 1 saturated carbocycles. The van der Waals surface area contributed by atoms with Crippen molar-refractivity contribution in [2.24, 2.45) is 5.92 Å². The van der Waals surface area contributed by atoms with Gasteiger partial charge in [0.15, 0.2) is 0 Å². The Morgan fingerprint density at radius 3 is 2.37 bits per heavy atom. The summed E-state index contributed by atoms with van der Waals surface area (Å²) in [5.41, 5.74) is 0.896. The van der Waals surface area contributed by atoms with Gasteiger partial charge in [0, 0.05) is 18.2 Å². The molecule has 0 bridgehead atoms. The van der Waals surface area contributed by atoms with Crippen molar-refractivity contribution in [1.29, 1.82) is 0 Å². The number of aromatic nitrogens is 2. The Balaban J connectivity index is 1.47. The zero-order valence-electron chi connectivity index (χ0n) is 16.1. The molecule has 1 heterocycles. The van der Waals surface area contributed by atoms with Gasteiger partial charge >= 0.3 is 6.01 Å². The average molecular weight is 393 g/mol. The first-order chi connectivity index (χ1) is 12.7. The lowest BCUT2D eigenvalue weighted by Gasteiger charge is -2.29. The lowest BCUT2D eigenvalue weighted by atomic mass is 9.86. The van der Waals surface area contributed by atoms with Crippen molar-refractivity contribution in [2.45, 2.75) is 57.2 Å². The Hall–Kier alpha value is -1.93. The Kier molecular flexibility index (Phi) is 5.86. The number of anilines is 1. The molecule has 1 aliphatic rings. The highest BCUT2D eigenvalue weighted by molar-refractivity contribution is 7.90. The zero-order valence-corrected chi connectivity index (χ0v) is 16.9. The molecular weight excluding hydrogens is 364 g/mol. The standard InChI is InChI=1S/C19H28N4O3S/c1-19(2,3)27(24,25)20-13-14-9-11-16(12-10-14)21-18-23-22-17(26-18)15-7-5-4-6-8-15/h4-8,14,16,20H,9-13H2,1-3H3,(H,21,23). The van der Waals surface area contributed by atoms with Crippen LogP contribution in [0, 0.1) is 5.92 Å². The number of benzene rings is 1. The van der Waals surface area contributed by atoms with Gasteiger partial charge in [-0.05, 0) is 64.5 Å². The van der Waals surface area contributed by atoms with E-state index in [0.29, 0.717) is 24.4 Å². The van der Waals surface area contributed by atoms with E-state index in [-0.39, 0.29) is 6.04 Å². The minimum Gasteiger partial charge on any atom is -0.403 e. The molecule has 1 fully saturated rings. The largest absolute Gasteiger partial charge is 0.403 e. The van der Waals surface area contributed by atoms with E-state index in [1.165, 1.54) is 0 Å². The first-order valence-electron chi connectivity index (χ1n) is 9.39. The van der Waals surface area contributed by atoms with Crippen LogP contribution in [-0.2, 0) is 10.0 Å². The van der Waals surface area contributed by atoms with E-state index < -0.39 is 14.8 Å². The number of nitrogens with one attached hydrogen (secondary N) is 2. The molecular formula is C19H28N4O3S. The van der Waals surface area contributed by atoms with Crippen LogP contribution in [0.4, 0.5) is 6.01 Å². The van der Waals surface area contributed by atoms with Crippen LogP contribution in [0.15, 0.2) is 34.7 Å². The second-order valence-corrected chi connectivity index (χ2v) is 10.6. The van der Waals surface area contributed by atoms with Crippen molar-refractivity contribution in [1.82, 2.24) is 14.9 Å². The van der Waals surface area contributed by atoms with E-state index in [9.17, 15) is 8.42 Å². The normalized spacial score (nSPS) is 21.1. The van der Waals surface area contributed by atoms with Crippen molar-refractivity contribution in [2.75, 3.05) is 11.9 Å². The Bertz CT molecular complexity index is 835. The third kappa shape index (κ3) is 5.07. The molecule has 1 aromatic heterocycles. The zero-order chi connectivity index (χ0) is 19.5. The molecule has 1 aromatic carbocycles. The number of rotatable bonds is 6. The van der Waals surface area contributed by atoms with Gasteiger partial charge in [0.25, 0.3) is 0 Å². The summed E-state index contributed by atoms with van der Waals surface area (Å²) in [6.45, 7) is 5.64. The Morgan fingerprint density at radius 2 is 1.74 bits per heavy atom. The summed E-state index contributed by atoms with van der Waals surface area (Å²) >= 11 is 0. The van der Waals surface area contributed by atoms with Gasteiger partial charge in [-0.3, -0.25) is 0 Å². The smallest absolute Gasteiger partial charge is 0.315 e. The maximum atomic E-state index is 12.2. The number of hydrogen-bond donors (Lipinski definition) is 2. The van der Waals surface area contributed by atoms with Crippen molar-refractivity contribution < 1.29 is 12.8 Å². The van der Waals surface area contributed by atoms with Gasteiger partial charge in [-0.15, -0.1) is 5.10 Å². The topological polar surface area (TPSA) is 97.1 Å². The van der Waals surface area contributed by atoms with Gasteiger partial charge in [0.1, 0.15) is 0 Å². The SMILES string of the molecule is CC(C)(C)S(=O)(=O)NCC1CCC(Nc2nnc(-c3ccccc3)o2)CC1.